The normalized spacial score (nSPS) is 14.5. The van der Waals surface area contributed by atoms with Gasteiger partial charge in [0.2, 0.25) is 5.91 Å². The van der Waals surface area contributed by atoms with Crippen molar-refractivity contribution in [3.8, 4) is 11.5 Å². The van der Waals surface area contributed by atoms with Crippen LogP contribution >= 0.6 is 0 Å². The SMILES string of the molecule is CCOc1cc(/C=C/C(=O)N2CCC(NC(=O)c3ccccc3)CC2)ccc1OC. The predicted molar refractivity (Wildman–Crippen MR) is 117 cm³/mol. The van der Waals surface area contributed by atoms with Crippen molar-refractivity contribution in [3.63, 3.8) is 0 Å². The van der Waals surface area contributed by atoms with Gasteiger partial charge in [-0.25, -0.2) is 0 Å². The lowest BCUT2D eigenvalue weighted by Crippen LogP contribution is -2.46. The second-order valence-corrected chi connectivity index (χ2v) is 7.12. The van der Waals surface area contributed by atoms with Crippen LogP contribution in [-0.2, 0) is 4.79 Å². The lowest BCUT2D eigenvalue weighted by atomic mass is 10.0. The predicted octanol–water partition coefficient (Wildman–Crippen LogP) is 3.53. The highest BCUT2D eigenvalue weighted by Gasteiger charge is 2.23. The van der Waals surface area contributed by atoms with Gasteiger partial charge in [0, 0.05) is 30.8 Å². The van der Waals surface area contributed by atoms with Crippen LogP contribution in [-0.4, -0.2) is 49.6 Å². The fourth-order valence-electron chi connectivity index (χ4n) is 3.44. The summed E-state index contributed by atoms with van der Waals surface area (Å²) in [7, 11) is 1.60. The number of carbonyl (C=O) groups is 2. The zero-order chi connectivity index (χ0) is 21.3. The molecule has 0 aromatic heterocycles. The number of hydrogen-bond acceptors (Lipinski definition) is 4. The van der Waals surface area contributed by atoms with E-state index in [9.17, 15) is 9.59 Å². The maximum atomic E-state index is 12.6. The van der Waals surface area contributed by atoms with Gasteiger partial charge in [0.15, 0.2) is 11.5 Å². The summed E-state index contributed by atoms with van der Waals surface area (Å²) >= 11 is 0. The Morgan fingerprint density at radius 2 is 1.83 bits per heavy atom. The Morgan fingerprint density at radius 3 is 2.50 bits per heavy atom. The number of nitrogens with zero attached hydrogens (tertiary/aromatic N) is 1. The maximum Gasteiger partial charge on any atom is 0.251 e. The van der Waals surface area contributed by atoms with Crippen LogP contribution in [0.5, 0.6) is 11.5 Å². The number of rotatable bonds is 7. The van der Waals surface area contributed by atoms with Crippen LogP contribution in [0, 0.1) is 0 Å². The highest BCUT2D eigenvalue weighted by atomic mass is 16.5. The third-order valence-electron chi connectivity index (χ3n) is 5.08. The maximum absolute atomic E-state index is 12.6. The van der Waals surface area contributed by atoms with E-state index >= 15 is 0 Å². The van der Waals surface area contributed by atoms with E-state index in [1.807, 2.05) is 48.2 Å². The van der Waals surface area contributed by atoms with Crippen LogP contribution in [0.2, 0.25) is 0 Å². The quantitative estimate of drug-likeness (QED) is 0.712. The molecular formula is C24H28N2O4. The van der Waals surface area contributed by atoms with E-state index in [0.717, 1.165) is 18.4 Å². The highest BCUT2D eigenvalue weighted by molar-refractivity contribution is 5.94. The second-order valence-electron chi connectivity index (χ2n) is 7.12. The Morgan fingerprint density at radius 1 is 1.10 bits per heavy atom. The molecular weight excluding hydrogens is 380 g/mol. The van der Waals surface area contributed by atoms with E-state index in [1.54, 1.807) is 31.4 Å². The number of piperidine rings is 1. The fraction of sp³-hybridized carbons (Fsp3) is 0.333. The number of methoxy groups -OCH3 is 1. The summed E-state index contributed by atoms with van der Waals surface area (Å²) in [6, 6.07) is 14.8. The summed E-state index contributed by atoms with van der Waals surface area (Å²) in [6.07, 6.45) is 4.86. The summed E-state index contributed by atoms with van der Waals surface area (Å²) in [4.78, 5) is 26.7. The number of nitrogens with one attached hydrogen (secondary N) is 1. The Labute approximate surface area is 177 Å². The molecule has 3 rings (SSSR count). The zero-order valence-electron chi connectivity index (χ0n) is 17.5. The number of ether oxygens (including phenoxy) is 2. The molecule has 0 aliphatic carbocycles. The van der Waals surface area contributed by atoms with Gasteiger partial charge in [-0.2, -0.15) is 0 Å². The van der Waals surface area contributed by atoms with E-state index in [1.165, 1.54) is 0 Å². The summed E-state index contributed by atoms with van der Waals surface area (Å²) < 4.78 is 10.9. The van der Waals surface area contributed by atoms with E-state index in [2.05, 4.69) is 5.32 Å². The standard InChI is InChI=1S/C24H28N2O4/c1-3-30-22-17-18(9-11-21(22)29-2)10-12-23(27)26-15-13-20(14-16-26)25-24(28)19-7-5-4-6-8-19/h4-12,17,20H,3,13-16H2,1-2H3,(H,25,28)/b12-10+. The first kappa shape index (κ1) is 21.4. The molecule has 0 atom stereocenters. The molecule has 1 heterocycles. The molecule has 1 aliphatic rings. The minimum Gasteiger partial charge on any atom is -0.493 e. The van der Waals surface area contributed by atoms with Gasteiger partial charge in [-0.15, -0.1) is 0 Å². The molecule has 1 fully saturated rings. The first-order valence-electron chi connectivity index (χ1n) is 10.2. The minimum atomic E-state index is -0.0649. The lowest BCUT2D eigenvalue weighted by Gasteiger charge is -2.31. The first-order chi connectivity index (χ1) is 14.6. The molecule has 0 unspecified atom stereocenters. The third kappa shape index (κ3) is 5.63. The van der Waals surface area contributed by atoms with Gasteiger partial charge in [0.05, 0.1) is 13.7 Å². The highest BCUT2D eigenvalue weighted by Crippen LogP contribution is 2.28. The summed E-state index contributed by atoms with van der Waals surface area (Å²) in [6.45, 7) is 3.70. The van der Waals surface area contributed by atoms with E-state index in [4.69, 9.17) is 9.47 Å². The van der Waals surface area contributed by atoms with Crippen LogP contribution in [0.1, 0.15) is 35.7 Å². The van der Waals surface area contributed by atoms with E-state index in [0.29, 0.717) is 36.8 Å². The van der Waals surface area contributed by atoms with E-state index in [-0.39, 0.29) is 17.9 Å². The number of likely N-dealkylation sites (tertiary alicyclic amines) is 1. The first-order valence-corrected chi connectivity index (χ1v) is 10.2. The lowest BCUT2D eigenvalue weighted by molar-refractivity contribution is -0.126. The molecule has 0 bridgehead atoms. The molecule has 6 nitrogen and oxygen atoms in total. The minimum absolute atomic E-state index is 0.0309. The Hall–Kier alpha value is -3.28. The van der Waals surface area contributed by atoms with Gasteiger partial charge in [-0.1, -0.05) is 24.3 Å². The van der Waals surface area contributed by atoms with Crippen molar-refractivity contribution in [2.75, 3.05) is 26.8 Å². The van der Waals surface area contributed by atoms with Crippen molar-refractivity contribution in [1.82, 2.24) is 10.2 Å². The summed E-state index contributed by atoms with van der Waals surface area (Å²) in [5.74, 6) is 1.23. The van der Waals surface area contributed by atoms with Crippen molar-refractivity contribution in [2.24, 2.45) is 0 Å². The van der Waals surface area contributed by atoms with E-state index < -0.39 is 0 Å². The van der Waals surface area contributed by atoms with Crippen molar-refractivity contribution < 1.29 is 19.1 Å². The third-order valence-corrected chi connectivity index (χ3v) is 5.08. The summed E-state index contributed by atoms with van der Waals surface area (Å²) in [5.41, 5.74) is 1.53. The molecule has 30 heavy (non-hydrogen) atoms. The molecule has 0 radical (unpaired) electrons. The molecule has 2 aromatic rings. The van der Waals surface area contributed by atoms with Crippen molar-refractivity contribution >= 4 is 17.9 Å². The smallest absolute Gasteiger partial charge is 0.251 e. The Balaban J connectivity index is 1.51. The number of carbonyl (C=O) groups excluding carboxylic acids is 2. The van der Waals surface area contributed by atoms with Crippen LogP contribution < -0.4 is 14.8 Å². The zero-order valence-corrected chi connectivity index (χ0v) is 17.5. The molecule has 2 amide bonds. The number of hydrogen-bond donors (Lipinski definition) is 1. The molecule has 158 valence electrons. The average molecular weight is 408 g/mol. The largest absolute Gasteiger partial charge is 0.493 e. The van der Waals surface area contributed by atoms with Crippen molar-refractivity contribution in [3.05, 3.63) is 65.7 Å². The average Bonchev–Trinajstić information content (AvgIpc) is 2.79. The number of benzene rings is 2. The van der Waals surface area contributed by atoms with Crippen LogP contribution in [0.15, 0.2) is 54.6 Å². The molecule has 1 N–H and O–H groups in total. The molecule has 1 aliphatic heterocycles. The molecule has 1 saturated heterocycles. The number of amides is 2. The molecule has 0 spiro atoms. The van der Waals surface area contributed by atoms with Crippen LogP contribution in [0.4, 0.5) is 0 Å². The molecule has 0 saturated carbocycles. The van der Waals surface area contributed by atoms with Gasteiger partial charge in [-0.05, 0) is 55.7 Å². The second kappa shape index (κ2) is 10.5. The Bertz CT molecular complexity index is 887. The fourth-order valence-corrected chi connectivity index (χ4v) is 3.44. The van der Waals surface area contributed by atoms with Gasteiger partial charge < -0.3 is 19.7 Å². The molecule has 2 aromatic carbocycles. The monoisotopic (exact) mass is 408 g/mol. The van der Waals surface area contributed by atoms with Gasteiger partial charge in [0.1, 0.15) is 0 Å². The Kier molecular flexibility index (Phi) is 7.49. The summed E-state index contributed by atoms with van der Waals surface area (Å²) in [5, 5.41) is 3.06. The van der Waals surface area contributed by atoms with Crippen molar-refractivity contribution in [1.29, 1.82) is 0 Å². The molecule has 6 heteroatoms. The van der Waals surface area contributed by atoms with Gasteiger partial charge in [0.25, 0.3) is 5.91 Å². The van der Waals surface area contributed by atoms with Crippen molar-refractivity contribution in [2.45, 2.75) is 25.8 Å². The van der Waals surface area contributed by atoms with Crippen LogP contribution in [0.3, 0.4) is 0 Å². The van der Waals surface area contributed by atoms with Crippen LogP contribution in [0.25, 0.3) is 6.08 Å². The topological polar surface area (TPSA) is 67.9 Å². The van der Waals surface area contributed by atoms with Gasteiger partial charge in [-0.3, -0.25) is 9.59 Å². The van der Waals surface area contributed by atoms with Gasteiger partial charge >= 0.3 is 0 Å².